The predicted octanol–water partition coefficient (Wildman–Crippen LogP) is 5.31. The molecule has 1 aliphatic heterocycles. The summed E-state index contributed by atoms with van der Waals surface area (Å²) in [7, 11) is 0. The molecule has 0 spiro atoms. The monoisotopic (exact) mass is 451 g/mol. The van der Waals surface area contributed by atoms with Gasteiger partial charge in [-0.25, -0.2) is 0 Å². The van der Waals surface area contributed by atoms with Crippen LogP contribution in [0.2, 0.25) is 0 Å². The maximum Gasteiger partial charge on any atom is 0.194 e. The van der Waals surface area contributed by atoms with Gasteiger partial charge in [-0.1, -0.05) is 73.7 Å². The van der Waals surface area contributed by atoms with Crippen LogP contribution in [0.5, 0.6) is 0 Å². The first-order valence-corrected chi connectivity index (χ1v) is 12.3. The number of rotatable bonds is 6. The third-order valence-electron chi connectivity index (χ3n) is 7.17. The molecular formula is C30H33N3O. The van der Waals surface area contributed by atoms with E-state index < -0.39 is 0 Å². The van der Waals surface area contributed by atoms with Gasteiger partial charge in [-0.05, 0) is 42.2 Å². The van der Waals surface area contributed by atoms with Crippen LogP contribution in [0.25, 0.3) is 10.9 Å². The summed E-state index contributed by atoms with van der Waals surface area (Å²) in [5.74, 6) is 0. The molecule has 4 nitrogen and oxygen atoms in total. The summed E-state index contributed by atoms with van der Waals surface area (Å²) >= 11 is 0. The van der Waals surface area contributed by atoms with E-state index in [4.69, 9.17) is 0 Å². The molecule has 0 atom stereocenters. The number of aromatic nitrogens is 1. The lowest BCUT2D eigenvalue weighted by Gasteiger charge is -2.40. The summed E-state index contributed by atoms with van der Waals surface area (Å²) in [4.78, 5) is 21.9. The van der Waals surface area contributed by atoms with Gasteiger partial charge in [0, 0.05) is 54.9 Å². The van der Waals surface area contributed by atoms with Crippen LogP contribution >= 0.6 is 0 Å². The molecule has 0 saturated carbocycles. The smallest absolute Gasteiger partial charge is 0.194 e. The Bertz CT molecular complexity index is 1270. The number of hydrogen-bond acceptors (Lipinski definition) is 3. The fourth-order valence-corrected chi connectivity index (χ4v) is 5.20. The highest BCUT2D eigenvalue weighted by Crippen LogP contribution is 2.29. The molecule has 0 unspecified atom stereocenters. The van der Waals surface area contributed by atoms with E-state index >= 15 is 0 Å². The number of hydrogen-bond donors (Lipinski definition) is 1. The van der Waals surface area contributed by atoms with Gasteiger partial charge in [0.25, 0.3) is 0 Å². The summed E-state index contributed by atoms with van der Waals surface area (Å²) in [5.41, 5.74) is 6.85. The van der Waals surface area contributed by atoms with Crippen LogP contribution in [-0.4, -0.2) is 41.0 Å². The Morgan fingerprint density at radius 1 is 0.853 bits per heavy atom. The van der Waals surface area contributed by atoms with E-state index in [2.05, 4.69) is 94.5 Å². The highest BCUT2D eigenvalue weighted by Gasteiger charge is 2.27. The van der Waals surface area contributed by atoms with Crippen molar-refractivity contribution < 1.29 is 0 Å². The van der Waals surface area contributed by atoms with Crippen LogP contribution < -0.4 is 5.43 Å². The minimum Gasteiger partial charge on any atom is -0.358 e. The maximum absolute atomic E-state index is 13.4. The van der Waals surface area contributed by atoms with Gasteiger partial charge in [-0.15, -0.1) is 0 Å². The van der Waals surface area contributed by atoms with E-state index in [-0.39, 0.29) is 11.5 Å². The van der Waals surface area contributed by atoms with Crippen molar-refractivity contribution in [3.8, 4) is 0 Å². The minimum atomic E-state index is 0.176. The summed E-state index contributed by atoms with van der Waals surface area (Å²) < 4.78 is 0. The molecule has 0 amide bonds. The molecule has 0 bridgehead atoms. The van der Waals surface area contributed by atoms with Crippen molar-refractivity contribution in [1.82, 2.24) is 14.8 Å². The topological polar surface area (TPSA) is 39.3 Å². The molecule has 3 aromatic carbocycles. The third kappa shape index (κ3) is 4.56. The van der Waals surface area contributed by atoms with Crippen molar-refractivity contribution in [2.24, 2.45) is 0 Å². The number of fused-ring (bicyclic) bond motifs is 1. The van der Waals surface area contributed by atoms with Gasteiger partial charge >= 0.3 is 0 Å². The van der Waals surface area contributed by atoms with Gasteiger partial charge in [0.15, 0.2) is 5.43 Å². The molecule has 4 aromatic rings. The lowest BCUT2D eigenvalue weighted by Crippen LogP contribution is -2.47. The minimum absolute atomic E-state index is 0.176. The van der Waals surface area contributed by atoms with Crippen molar-refractivity contribution in [3.05, 3.63) is 117 Å². The zero-order chi connectivity index (χ0) is 23.5. The number of piperazine rings is 1. The Labute approximate surface area is 201 Å². The first kappa shape index (κ1) is 22.6. The van der Waals surface area contributed by atoms with E-state index in [0.717, 1.165) is 54.8 Å². The van der Waals surface area contributed by atoms with Gasteiger partial charge < -0.3 is 4.98 Å². The van der Waals surface area contributed by atoms with Crippen LogP contribution in [0, 0.1) is 6.92 Å². The lowest BCUT2D eigenvalue weighted by atomic mass is 9.96. The molecule has 0 aliphatic carbocycles. The van der Waals surface area contributed by atoms with E-state index in [9.17, 15) is 4.79 Å². The summed E-state index contributed by atoms with van der Waals surface area (Å²) in [5, 5.41) is 0.812. The Kier molecular flexibility index (Phi) is 6.61. The molecule has 4 heteroatoms. The highest BCUT2D eigenvalue weighted by molar-refractivity contribution is 5.80. The Morgan fingerprint density at radius 3 is 2.06 bits per heavy atom. The second-order valence-electron chi connectivity index (χ2n) is 9.33. The summed E-state index contributed by atoms with van der Waals surface area (Å²) in [6, 6.07) is 28.0. The fraction of sp³-hybridized carbons (Fsp3) is 0.300. The lowest BCUT2D eigenvalue weighted by molar-refractivity contribution is 0.104. The summed E-state index contributed by atoms with van der Waals surface area (Å²) in [6.45, 7) is 8.69. The second-order valence-corrected chi connectivity index (χ2v) is 9.33. The van der Waals surface area contributed by atoms with Gasteiger partial charge in [0.1, 0.15) is 0 Å². The number of aromatic amines is 1. The molecule has 5 rings (SSSR count). The predicted molar refractivity (Wildman–Crippen MR) is 140 cm³/mol. The van der Waals surface area contributed by atoms with Crippen molar-refractivity contribution in [1.29, 1.82) is 0 Å². The van der Waals surface area contributed by atoms with Crippen LogP contribution in [0.15, 0.2) is 83.7 Å². The quantitative estimate of drug-likeness (QED) is 0.432. The van der Waals surface area contributed by atoms with E-state index in [0.29, 0.717) is 6.54 Å². The molecule has 34 heavy (non-hydrogen) atoms. The number of nitrogens with one attached hydrogen (secondary N) is 1. The number of H-pyrrole nitrogens is 1. The maximum atomic E-state index is 13.4. The van der Waals surface area contributed by atoms with E-state index in [1.54, 1.807) is 0 Å². The first-order valence-electron chi connectivity index (χ1n) is 12.3. The van der Waals surface area contributed by atoms with Crippen LogP contribution in [-0.2, 0) is 13.0 Å². The molecule has 0 radical (unpaired) electrons. The largest absolute Gasteiger partial charge is 0.358 e. The number of nitrogens with zero attached hydrogens (tertiary/aromatic N) is 2. The molecule has 1 N–H and O–H groups in total. The molecule has 174 valence electrons. The van der Waals surface area contributed by atoms with Crippen LogP contribution in [0.4, 0.5) is 0 Å². The van der Waals surface area contributed by atoms with Gasteiger partial charge in [-0.2, -0.15) is 0 Å². The van der Waals surface area contributed by atoms with Crippen molar-refractivity contribution >= 4 is 10.9 Å². The van der Waals surface area contributed by atoms with E-state index in [1.807, 2.05) is 13.0 Å². The number of aryl methyl sites for hydroxylation is 2. The Balaban J connectivity index is 1.35. The van der Waals surface area contributed by atoms with Gasteiger partial charge in [0.05, 0.1) is 6.04 Å². The zero-order valence-electron chi connectivity index (χ0n) is 20.1. The number of pyridine rings is 1. The zero-order valence-corrected chi connectivity index (χ0v) is 20.1. The van der Waals surface area contributed by atoms with Gasteiger partial charge in [0.2, 0.25) is 0 Å². The molecule has 1 aromatic heterocycles. The summed E-state index contributed by atoms with van der Waals surface area (Å²) in [6.07, 6.45) is 0.935. The first-order chi connectivity index (χ1) is 16.6. The third-order valence-corrected chi connectivity index (χ3v) is 7.17. The van der Waals surface area contributed by atoms with E-state index in [1.165, 1.54) is 16.7 Å². The van der Waals surface area contributed by atoms with Crippen molar-refractivity contribution in [2.45, 2.75) is 32.9 Å². The Morgan fingerprint density at radius 2 is 1.47 bits per heavy atom. The van der Waals surface area contributed by atoms with Crippen LogP contribution in [0.3, 0.4) is 0 Å². The molecular weight excluding hydrogens is 418 g/mol. The standard InChI is InChI=1S/C30H33N3O/c1-3-23-14-15-28-26(20-23)30(34)27(22(2)31-28)21-32-16-18-33(19-17-32)29(24-10-6-4-7-11-24)25-12-8-5-9-13-25/h4-15,20,29H,3,16-19,21H2,1-2H3,(H,31,34). The normalized spacial score (nSPS) is 15.3. The molecule has 2 heterocycles. The van der Waals surface area contributed by atoms with Gasteiger partial charge in [-0.3, -0.25) is 14.6 Å². The highest BCUT2D eigenvalue weighted by atomic mass is 16.1. The van der Waals surface area contributed by atoms with Crippen molar-refractivity contribution in [3.63, 3.8) is 0 Å². The van der Waals surface area contributed by atoms with Crippen LogP contribution in [0.1, 0.15) is 40.9 Å². The van der Waals surface area contributed by atoms with Crippen molar-refractivity contribution in [2.75, 3.05) is 26.2 Å². The fourth-order valence-electron chi connectivity index (χ4n) is 5.20. The molecule has 1 fully saturated rings. The molecule has 1 saturated heterocycles. The molecule has 1 aliphatic rings. The average Bonchev–Trinajstić information content (AvgIpc) is 2.89. The second kappa shape index (κ2) is 9.96. The Hall–Kier alpha value is -3.21. The number of benzene rings is 3. The average molecular weight is 452 g/mol. The SMILES string of the molecule is CCc1ccc2[nH]c(C)c(CN3CCN(C(c4ccccc4)c4ccccc4)CC3)c(=O)c2c1.